The number of benzene rings is 1. The summed E-state index contributed by atoms with van der Waals surface area (Å²) in [7, 11) is 0. The number of hydrogen-bond acceptors (Lipinski definition) is 2. The molecule has 1 aromatic carbocycles. The third-order valence-electron chi connectivity index (χ3n) is 4.09. The van der Waals surface area contributed by atoms with Gasteiger partial charge in [0.25, 0.3) is 0 Å². The summed E-state index contributed by atoms with van der Waals surface area (Å²) in [4.78, 5) is 12.2. The van der Waals surface area contributed by atoms with Crippen LogP contribution in [0.5, 0.6) is 0 Å². The van der Waals surface area contributed by atoms with E-state index in [0.717, 1.165) is 25.7 Å². The zero-order valence-electron chi connectivity index (χ0n) is 11.4. The summed E-state index contributed by atoms with van der Waals surface area (Å²) in [5.41, 5.74) is 6.42. The highest BCUT2D eigenvalue weighted by molar-refractivity contribution is 6.35. The van der Waals surface area contributed by atoms with Gasteiger partial charge in [0.15, 0.2) is 0 Å². The molecule has 1 fully saturated rings. The lowest BCUT2D eigenvalue weighted by Crippen LogP contribution is -2.36. The fourth-order valence-corrected chi connectivity index (χ4v) is 3.22. The Bertz CT molecular complexity index is 485. The Morgan fingerprint density at radius 3 is 2.60 bits per heavy atom. The van der Waals surface area contributed by atoms with Crippen molar-refractivity contribution < 1.29 is 4.79 Å². The van der Waals surface area contributed by atoms with E-state index in [1.807, 2.05) is 0 Å². The molecular formula is C15H20Cl2N2O. The van der Waals surface area contributed by atoms with E-state index in [-0.39, 0.29) is 11.3 Å². The number of carbonyl (C=O) groups is 1. The fourth-order valence-electron chi connectivity index (χ4n) is 2.88. The molecule has 5 heteroatoms. The first-order valence-corrected chi connectivity index (χ1v) is 7.75. The van der Waals surface area contributed by atoms with Crippen LogP contribution in [-0.4, -0.2) is 12.5 Å². The second-order valence-electron chi connectivity index (χ2n) is 5.61. The first-order chi connectivity index (χ1) is 9.54. The molecular weight excluding hydrogens is 295 g/mol. The average molecular weight is 315 g/mol. The van der Waals surface area contributed by atoms with Gasteiger partial charge in [0.2, 0.25) is 5.91 Å². The third-order valence-corrected chi connectivity index (χ3v) is 4.65. The second kappa shape index (κ2) is 6.79. The molecule has 0 unspecified atom stereocenters. The Morgan fingerprint density at radius 1 is 1.25 bits per heavy atom. The Labute approximate surface area is 129 Å². The van der Waals surface area contributed by atoms with Crippen LogP contribution in [0.4, 0.5) is 5.69 Å². The maximum atomic E-state index is 12.2. The van der Waals surface area contributed by atoms with Crippen LogP contribution in [0, 0.1) is 5.41 Å². The zero-order chi connectivity index (χ0) is 14.6. The van der Waals surface area contributed by atoms with Crippen LogP contribution in [0.15, 0.2) is 18.2 Å². The Hall–Kier alpha value is -0.770. The minimum atomic E-state index is -0.0482. The van der Waals surface area contributed by atoms with Crippen molar-refractivity contribution in [1.82, 2.24) is 0 Å². The molecule has 0 radical (unpaired) electrons. The predicted molar refractivity (Wildman–Crippen MR) is 84.3 cm³/mol. The largest absolute Gasteiger partial charge is 0.330 e. The van der Waals surface area contributed by atoms with Gasteiger partial charge in [0, 0.05) is 11.4 Å². The van der Waals surface area contributed by atoms with Crippen LogP contribution in [0.25, 0.3) is 0 Å². The number of halogens is 2. The molecule has 0 spiro atoms. The van der Waals surface area contributed by atoms with Gasteiger partial charge in [-0.1, -0.05) is 42.5 Å². The molecule has 1 saturated carbocycles. The Balaban J connectivity index is 2.02. The van der Waals surface area contributed by atoms with Gasteiger partial charge in [-0.3, -0.25) is 4.79 Å². The number of rotatable bonds is 4. The van der Waals surface area contributed by atoms with Crippen LogP contribution in [0.2, 0.25) is 10.0 Å². The number of amides is 1. The number of hydrogen-bond donors (Lipinski definition) is 2. The second-order valence-corrected chi connectivity index (χ2v) is 6.46. The van der Waals surface area contributed by atoms with Crippen molar-refractivity contribution in [2.45, 2.75) is 38.5 Å². The molecule has 1 aliphatic carbocycles. The molecule has 0 heterocycles. The van der Waals surface area contributed by atoms with E-state index < -0.39 is 0 Å². The smallest absolute Gasteiger partial charge is 0.225 e. The minimum Gasteiger partial charge on any atom is -0.330 e. The van der Waals surface area contributed by atoms with E-state index in [9.17, 15) is 4.79 Å². The molecule has 0 bridgehead atoms. The zero-order valence-corrected chi connectivity index (χ0v) is 12.9. The van der Waals surface area contributed by atoms with Gasteiger partial charge in [0.1, 0.15) is 0 Å². The number of nitrogens with two attached hydrogens (primary N) is 1. The summed E-state index contributed by atoms with van der Waals surface area (Å²) in [6.45, 7) is 0.559. The SMILES string of the molecule is NCC1(CC(=O)Nc2cc(Cl)ccc2Cl)CCCCC1. The quantitative estimate of drug-likeness (QED) is 0.873. The summed E-state index contributed by atoms with van der Waals surface area (Å²) in [5, 5.41) is 3.89. The summed E-state index contributed by atoms with van der Waals surface area (Å²) < 4.78 is 0. The van der Waals surface area contributed by atoms with E-state index in [0.29, 0.717) is 28.7 Å². The number of nitrogens with one attached hydrogen (secondary N) is 1. The van der Waals surface area contributed by atoms with Crippen molar-refractivity contribution in [1.29, 1.82) is 0 Å². The normalized spacial score (nSPS) is 17.8. The maximum absolute atomic E-state index is 12.2. The highest BCUT2D eigenvalue weighted by Crippen LogP contribution is 2.38. The van der Waals surface area contributed by atoms with E-state index in [2.05, 4.69) is 5.32 Å². The van der Waals surface area contributed by atoms with Gasteiger partial charge < -0.3 is 11.1 Å². The van der Waals surface area contributed by atoms with Crippen LogP contribution in [0.1, 0.15) is 38.5 Å². The topological polar surface area (TPSA) is 55.1 Å². The fraction of sp³-hybridized carbons (Fsp3) is 0.533. The summed E-state index contributed by atoms with van der Waals surface area (Å²) in [6.07, 6.45) is 6.06. The molecule has 1 amide bonds. The molecule has 0 saturated heterocycles. The Kier molecular flexibility index (Phi) is 5.30. The molecule has 0 aliphatic heterocycles. The predicted octanol–water partition coefficient (Wildman–Crippen LogP) is 4.23. The van der Waals surface area contributed by atoms with E-state index in [1.54, 1.807) is 18.2 Å². The third kappa shape index (κ3) is 3.87. The minimum absolute atomic E-state index is 0.0403. The molecule has 0 aromatic heterocycles. The van der Waals surface area contributed by atoms with Gasteiger partial charge in [-0.25, -0.2) is 0 Å². The molecule has 0 atom stereocenters. The van der Waals surface area contributed by atoms with E-state index in [1.165, 1.54) is 6.42 Å². The van der Waals surface area contributed by atoms with E-state index >= 15 is 0 Å². The van der Waals surface area contributed by atoms with Crippen LogP contribution < -0.4 is 11.1 Å². The van der Waals surface area contributed by atoms with Crippen molar-refractivity contribution in [3.05, 3.63) is 28.2 Å². The van der Waals surface area contributed by atoms with Crippen molar-refractivity contribution in [2.24, 2.45) is 11.1 Å². The highest BCUT2D eigenvalue weighted by atomic mass is 35.5. The molecule has 3 nitrogen and oxygen atoms in total. The van der Waals surface area contributed by atoms with Crippen molar-refractivity contribution in [2.75, 3.05) is 11.9 Å². The van der Waals surface area contributed by atoms with E-state index in [4.69, 9.17) is 28.9 Å². The number of anilines is 1. The van der Waals surface area contributed by atoms with Gasteiger partial charge in [-0.05, 0) is 43.0 Å². The van der Waals surface area contributed by atoms with Gasteiger partial charge in [-0.2, -0.15) is 0 Å². The van der Waals surface area contributed by atoms with Gasteiger partial charge >= 0.3 is 0 Å². The summed E-state index contributed by atoms with van der Waals surface area (Å²) in [6, 6.07) is 5.04. The lowest BCUT2D eigenvalue weighted by atomic mass is 9.71. The summed E-state index contributed by atoms with van der Waals surface area (Å²) in [5.74, 6) is -0.0403. The first-order valence-electron chi connectivity index (χ1n) is 7.00. The first kappa shape index (κ1) is 15.6. The van der Waals surface area contributed by atoms with Crippen LogP contribution in [-0.2, 0) is 4.79 Å². The van der Waals surface area contributed by atoms with Crippen LogP contribution >= 0.6 is 23.2 Å². The molecule has 20 heavy (non-hydrogen) atoms. The lowest BCUT2D eigenvalue weighted by Gasteiger charge is -2.35. The molecule has 1 aliphatic rings. The highest BCUT2D eigenvalue weighted by Gasteiger charge is 2.33. The van der Waals surface area contributed by atoms with Crippen molar-refractivity contribution >= 4 is 34.8 Å². The van der Waals surface area contributed by atoms with Crippen molar-refractivity contribution in [3.63, 3.8) is 0 Å². The Morgan fingerprint density at radius 2 is 1.95 bits per heavy atom. The summed E-state index contributed by atoms with van der Waals surface area (Å²) >= 11 is 12.0. The van der Waals surface area contributed by atoms with Gasteiger partial charge in [0.05, 0.1) is 10.7 Å². The maximum Gasteiger partial charge on any atom is 0.225 e. The molecule has 2 rings (SSSR count). The van der Waals surface area contributed by atoms with Crippen molar-refractivity contribution in [3.8, 4) is 0 Å². The van der Waals surface area contributed by atoms with Crippen LogP contribution in [0.3, 0.4) is 0 Å². The molecule has 110 valence electrons. The monoisotopic (exact) mass is 314 g/mol. The lowest BCUT2D eigenvalue weighted by molar-refractivity contribution is -0.118. The standard InChI is InChI=1S/C15H20Cl2N2O/c16-11-4-5-12(17)13(8-11)19-14(20)9-15(10-18)6-2-1-3-7-15/h4-5,8H,1-3,6-7,9-10,18H2,(H,19,20). The van der Waals surface area contributed by atoms with Gasteiger partial charge in [-0.15, -0.1) is 0 Å². The average Bonchev–Trinajstić information content (AvgIpc) is 2.44. The number of carbonyl (C=O) groups excluding carboxylic acids is 1. The molecule has 3 N–H and O–H groups in total. The molecule has 1 aromatic rings.